The van der Waals surface area contributed by atoms with Gasteiger partial charge in [0, 0.05) is 25.7 Å². The van der Waals surface area contributed by atoms with Gasteiger partial charge in [-0.2, -0.15) is 0 Å². The van der Waals surface area contributed by atoms with Gasteiger partial charge < -0.3 is 20.1 Å². The fourth-order valence-corrected chi connectivity index (χ4v) is 2.47. The molecule has 3 atom stereocenters. The van der Waals surface area contributed by atoms with Crippen molar-refractivity contribution in [1.29, 1.82) is 0 Å². The lowest BCUT2D eigenvalue weighted by atomic mass is 10.1. The maximum absolute atomic E-state index is 11.5. The molecule has 0 aliphatic heterocycles. The number of rotatable bonds is 9. The Kier molecular flexibility index (Phi) is 7.46. The Labute approximate surface area is 129 Å². The molecule has 3 unspecified atom stereocenters. The van der Waals surface area contributed by atoms with E-state index in [1.165, 1.54) is 12.8 Å². The van der Waals surface area contributed by atoms with Gasteiger partial charge in [-0.1, -0.05) is 13.3 Å². The van der Waals surface area contributed by atoms with E-state index in [1.807, 2.05) is 20.8 Å². The lowest BCUT2D eigenvalue weighted by Gasteiger charge is -2.20. The molecule has 0 aromatic rings. The Morgan fingerprint density at radius 2 is 2.10 bits per heavy atom. The number of ether oxygens (including phenoxy) is 2. The Morgan fingerprint density at radius 3 is 2.62 bits per heavy atom. The summed E-state index contributed by atoms with van der Waals surface area (Å²) >= 11 is 0. The molecule has 1 rings (SSSR count). The predicted octanol–water partition coefficient (Wildman–Crippen LogP) is 2.69. The highest BCUT2D eigenvalue weighted by Crippen LogP contribution is 2.33. The van der Waals surface area contributed by atoms with E-state index < -0.39 is 5.60 Å². The maximum atomic E-state index is 11.5. The molecule has 1 amide bonds. The van der Waals surface area contributed by atoms with Crippen LogP contribution in [-0.4, -0.2) is 44.0 Å². The highest BCUT2D eigenvalue weighted by molar-refractivity contribution is 5.67. The molecule has 21 heavy (non-hydrogen) atoms. The van der Waals surface area contributed by atoms with Gasteiger partial charge in [-0.3, -0.25) is 0 Å². The van der Waals surface area contributed by atoms with Gasteiger partial charge in [0.05, 0.1) is 6.61 Å². The molecule has 1 fully saturated rings. The molecule has 0 aromatic heterocycles. The van der Waals surface area contributed by atoms with Crippen LogP contribution >= 0.6 is 0 Å². The maximum Gasteiger partial charge on any atom is 0.407 e. The average molecular weight is 300 g/mol. The molecular weight excluding hydrogens is 268 g/mol. The minimum atomic E-state index is -0.439. The SMILES string of the molecule is CCC1CC1NC(CCCNC(=O)OC(C)(C)C)COC. The van der Waals surface area contributed by atoms with Crippen molar-refractivity contribution in [3.8, 4) is 0 Å². The number of amides is 1. The van der Waals surface area contributed by atoms with Crippen LogP contribution < -0.4 is 10.6 Å². The van der Waals surface area contributed by atoms with Crippen LogP contribution in [0.15, 0.2) is 0 Å². The number of alkyl carbamates (subject to hydrolysis) is 1. The van der Waals surface area contributed by atoms with E-state index in [-0.39, 0.29) is 6.09 Å². The number of carbonyl (C=O) groups is 1. The molecule has 0 heterocycles. The zero-order chi connectivity index (χ0) is 15.9. The molecule has 0 saturated heterocycles. The Hall–Kier alpha value is -0.810. The highest BCUT2D eigenvalue weighted by atomic mass is 16.6. The zero-order valence-corrected chi connectivity index (χ0v) is 14.2. The summed E-state index contributed by atoms with van der Waals surface area (Å²) in [4.78, 5) is 11.5. The first-order valence-electron chi connectivity index (χ1n) is 8.07. The summed E-state index contributed by atoms with van der Waals surface area (Å²) in [6.07, 6.45) is 4.11. The molecule has 0 bridgehead atoms. The average Bonchev–Trinajstić information content (AvgIpc) is 3.11. The van der Waals surface area contributed by atoms with Crippen LogP contribution in [0.4, 0.5) is 4.79 Å². The van der Waals surface area contributed by atoms with Crippen molar-refractivity contribution in [3.63, 3.8) is 0 Å². The van der Waals surface area contributed by atoms with E-state index in [2.05, 4.69) is 17.6 Å². The summed E-state index contributed by atoms with van der Waals surface area (Å²) in [5.41, 5.74) is -0.439. The van der Waals surface area contributed by atoms with Crippen LogP contribution in [-0.2, 0) is 9.47 Å². The smallest absolute Gasteiger partial charge is 0.407 e. The normalized spacial score (nSPS) is 22.7. The zero-order valence-electron chi connectivity index (χ0n) is 14.2. The molecule has 124 valence electrons. The van der Waals surface area contributed by atoms with Gasteiger partial charge in [-0.15, -0.1) is 0 Å². The second-order valence-corrected chi connectivity index (χ2v) is 6.90. The van der Waals surface area contributed by atoms with Crippen molar-refractivity contribution in [2.45, 2.75) is 71.1 Å². The van der Waals surface area contributed by atoms with E-state index in [4.69, 9.17) is 9.47 Å². The van der Waals surface area contributed by atoms with Gasteiger partial charge in [-0.25, -0.2) is 4.79 Å². The van der Waals surface area contributed by atoms with Crippen molar-refractivity contribution in [1.82, 2.24) is 10.6 Å². The second-order valence-electron chi connectivity index (χ2n) is 6.90. The van der Waals surface area contributed by atoms with Crippen molar-refractivity contribution in [2.75, 3.05) is 20.3 Å². The summed E-state index contributed by atoms with van der Waals surface area (Å²) in [6, 6.07) is 1.03. The quantitative estimate of drug-likeness (QED) is 0.643. The lowest BCUT2D eigenvalue weighted by molar-refractivity contribution is 0.0526. The van der Waals surface area contributed by atoms with Gasteiger partial charge >= 0.3 is 6.09 Å². The first-order valence-corrected chi connectivity index (χ1v) is 8.07. The molecule has 1 saturated carbocycles. The summed E-state index contributed by atoms with van der Waals surface area (Å²) in [5.74, 6) is 0.837. The minimum absolute atomic E-state index is 0.341. The van der Waals surface area contributed by atoms with Crippen LogP contribution in [0.1, 0.15) is 53.4 Å². The van der Waals surface area contributed by atoms with E-state index in [0.29, 0.717) is 18.6 Å². The molecule has 5 heteroatoms. The molecule has 0 radical (unpaired) electrons. The van der Waals surface area contributed by atoms with Crippen LogP contribution in [0.25, 0.3) is 0 Å². The summed E-state index contributed by atoms with van der Waals surface area (Å²) in [7, 11) is 1.73. The van der Waals surface area contributed by atoms with Gasteiger partial charge in [0.15, 0.2) is 0 Å². The molecule has 0 aromatic carbocycles. The Morgan fingerprint density at radius 1 is 1.38 bits per heavy atom. The number of hydrogen-bond donors (Lipinski definition) is 2. The number of methoxy groups -OCH3 is 1. The minimum Gasteiger partial charge on any atom is -0.444 e. The second kappa shape index (κ2) is 8.59. The number of nitrogens with one attached hydrogen (secondary N) is 2. The lowest BCUT2D eigenvalue weighted by Crippen LogP contribution is -2.37. The third-order valence-corrected chi connectivity index (χ3v) is 3.66. The molecule has 2 N–H and O–H groups in total. The summed E-state index contributed by atoms with van der Waals surface area (Å²) in [6.45, 7) is 9.20. The first kappa shape index (κ1) is 18.2. The van der Waals surface area contributed by atoms with Crippen LogP contribution in [0.5, 0.6) is 0 Å². The third kappa shape index (κ3) is 8.27. The number of carbonyl (C=O) groups excluding carboxylic acids is 1. The Balaban J connectivity index is 2.14. The summed E-state index contributed by atoms with van der Waals surface area (Å²) in [5, 5.41) is 6.45. The fraction of sp³-hybridized carbons (Fsp3) is 0.938. The van der Waals surface area contributed by atoms with Gasteiger partial charge in [0.2, 0.25) is 0 Å². The Bertz CT molecular complexity index is 315. The van der Waals surface area contributed by atoms with Gasteiger partial charge in [-0.05, 0) is 46.0 Å². The third-order valence-electron chi connectivity index (χ3n) is 3.66. The molecule has 1 aliphatic carbocycles. The van der Waals surface area contributed by atoms with E-state index in [1.54, 1.807) is 7.11 Å². The largest absolute Gasteiger partial charge is 0.444 e. The fourth-order valence-electron chi connectivity index (χ4n) is 2.47. The molecular formula is C16H32N2O3. The van der Waals surface area contributed by atoms with E-state index >= 15 is 0 Å². The van der Waals surface area contributed by atoms with Crippen molar-refractivity contribution in [2.24, 2.45) is 5.92 Å². The molecule has 0 spiro atoms. The monoisotopic (exact) mass is 300 g/mol. The summed E-state index contributed by atoms with van der Waals surface area (Å²) < 4.78 is 10.5. The van der Waals surface area contributed by atoms with Crippen molar-refractivity contribution in [3.05, 3.63) is 0 Å². The number of hydrogen-bond acceptors (Lipinski definition) is 4. The topological polar surface area (TPSA) is 59.6 Å². The van der Waals surface area contributed by atoms with Crippen molar-refractivity contribution >= 4 is 6.09 Å². The van der Waals surface area contributed by atoms with Crippen LogP contribution in [0, 0.1) is 5.92 Å². The van der Waals surface area contributed by atoms with Gasteiger partial charge in [0.1, 0.15) is 5.60 Å². The first-order chi connectivity index (χ1) is 9.85. The van der Waals surface area contributed by atoms with E-state index in [0.717, 1.165) is 25.4 Å². The molecule has 5 nitrogen and oxygen atoms in total. The standard InChI is InChI=1S/C16H32N2O3/c1-6-12-10-14(12)18-13(11-20-5)8-7-9-17-15(19)21-16(2,3)4/h12-14,18H,6-11H2,1-5H3,(H,17,19). The predicted molar refractivity (Wildman–Crippen MR) is 84.5 cm³/mol. The van der Waals surface area contributed by atoms with Crippen LogP contribution in [0.2, 0.25) is 0 Å². The van der Waals surface area contributed by atoms with Crippen LogP contribution in [0.3, 0.4) is 0 Å². The van der Waals surface area contributed by atoms with Crippen molar-refractivity contribution < 1.29 is 14.3 Å². The molecule has 1 aliphatic rings. The van der Waals surface area contributed by atoms with Gasteiger partial charge in [0.25, 0.3) is 0 Å². The van der Waals surface area contributed by atoms with E-state index in [9.17, 15) is 4.79 Å². The highest BCUT2D eigenvalue weighted by Gasteiger charge is 2.36.